The summed E-state index contributed by atoms with van der Waals surface area (Å²) in [5, 5.41) is 0. The van der Waals surface area contributed by atoms with Gasteiger partial charge in [0.05, 0.1) is 40.9 Å². The number of hydrogen-bond donors (Lipinski definition) is 0. The molecule has 0 spiro atoms. The Morgan fingerprint density at radius 3 is 1.42 bits per heavy atom. The Kier molecular flexibility index (Phi) is 19.2. The molecule has 0 aliphatic carbocycles. The van der Waals surface area contributed by atoms with Gasteiger partial charge in [-0.3, -0.25) is 8.37 Å². The molecule has 220 valence electrons. The van der Waals surface area contributed by atoms with E-state index in [9.17, 15) is 21.4 Å². The molecule has 12 heteroatoms. The van der Waals surface area contributed by atoms with E-state index < -0.39 is 31.1 Å². The quantitative estimate of drug-likeness (QED) is 0.0878. The Morgan fingerprint density at radius 2 is 1.08 bits per heavy atom. The molecular weight excluding hydrogens is 526 g/mol. The third-order valence-electron chi connectivity index (χ3n) is 6.83. The topological polar surface area (TPSA) is 119 Å². The summed E-state index contributed by atoms with van der Waals surface area (Å²) >= 11 is 0. The van der Waals surface area contributed by atoms with Crippen LogP contribution in [0.3, 0.4) is 0 Å². The lowest BCUT2D eigenvalue weighted by Gasteiger charge is -2.46. The first-order valence-corrected chi connectivity index (χ1v) is 18.4. The van der Waals surface area contributed by atoms with Crippen LogP contribution in [0.5, 0.6) is 0 Å². The molecule has 0 atom stereocenters. The molecule has 0 aromatic heterocycles. The molecule has 1 rings (SSSR count). The first kappa shape index (κ1) is 36.0. The highest BCUT2D eigenvalue weighted by Crippen LogP contribution is 2.49. The van der Waals surface area contributed by atoms with Crippen molar-refractivity contribution in [2.75, 3.05) is 58.7 Å². The summed E-state index contributed by atoms with van der Waals surface area (Å²) in [6.07, 6.45) is 21.5. The first-order valence-electron chi connectivity index (χ1n) is 13.4. The van der Waals surface area contributed by atoms with Gasteiger partial charge in [0.25, 0.3) is 0 Å². The molecule has 0 bridgehead atoms. The maximum Gasteiger partial charge on any atom is 0.409 e. The second kappa shape index (κ2) is 19.2. The molecule has 1 saturated heterocycles. The van der Waals surface area contributed by atoms with Gasteiger partial charge in [0.15, 0.2) is 0 Å². The van der Waals surface area contributed by atoms with Crippen LogP contribution < -0.4 is 0 Å². The molecule has 1 heterocycles. The summed E-state index contributed by atoms with van der Waals surface area (Å²) in [4.78, 5) is 0. The number of rotatable bonds is 19. The van der Waals surface area contributed by atoms with Gasteiger partial charge in [-0.1, -0.05) is 84.0 Å². The number of quaternary nitrogens is 1. The van der Waals surface area contributed by atoms with Gasteiger partial charge in [-0.25, -0.2) is 8.42 Å². The molecule has 1 fully saturated rings. The van der Waals surface area contributed by atoms with Gasteiger partial charge in [0.1, 0.15) is 0 Å². The highest BCUT2D eigenvalue weighted by atomic mass is 32.3. The zero-order chi connectivity index (χ0) is 27.6. The van der Waals surface area contributed by atoms with E-state index in [1.165, 1.54) is 96.4 Å². The minimum atomic E-state index is -4.41. The van der Waals surface area contributed by atoms with Crippen molar-refractivity contribution in [1.82, 2.24) is 0 Å². The summed E-state index contributed by atoms with van der Waals surface area (Å²) < 4.78 is 65.2. The fourth-order valence-electron chi connectivity index (χ4n) is 4.25. The Morgan fingerprint density at radius 1 is 0.722 bits per heavy atom. The number of nitrogens with zero attached hydrogens (tertiary/aromatic N) is 1. The van der Waals surface area contributed by atoms with Crippen molar-refractivity contribution in [3.05, 3.63) is 0 Å². The van der Waals surface area contributed by atoms with Crippen molar-refractivity contribution in [2.45, 2.75) is 96.8 Å². The zero-order valence-electron chi connectivity index (χ0n) is 23.4. The van der Waals surface area contributed by atoms with Crippen LogP contribution in [0.1, 0.15) is 96.8 Å². The van der Waals surface area contributed by atoms with Gasteiger partial charge in [-0.2, -0.15) is 12.0 Å². The molecule has 0 unspecified atom stereocenters. The lowest BCUT2D eigenvalue weighted by atomic mass is 10.0. The van der Waals surface area contributed by atoms with Crippen LogP contribution in [0.4, 0.5) is 0 Å². The Hall–Kier alpha value is 0.0500. The summed E-state index contributed by atoms with van der Waals surface area (Å²) in [7, 11) is -5.52. The summed E-state index contributed by atoms with van der Waals surface area (Å²) in [5.74, 6) is 1.68. The van der Waals surface area contributed by atoms with E-state index in [4.69, 9.17) is 3.63 Å². The molecule has 9 nitrogen and oxygen atoms in total. The molecule has 0 radical (unpaired) electrons. The highest BCUT2D eigenvalue weighted by molar-refractivity contribution is 8.32. The summed E-state index contributed by atoms with van der Waals surface area (Å²) in [6, 6.07) is 0. The first-order chi connectivity index (χ1) is 16.8. The van der Waals surface area contributed by atoms with E-state index in [2.05, 4.69) is 22.3 Å². The lowest BCUT2D eigenvalue weighted by Crippen LogP contribution is -2.53. The van der Waals surface area contributed by atoms with Crippen LogP contribution in [0, 0.1) is 0 Å². The molecule has 1 aliphatic rings. The van der Waals surface area contributed by atoms with Gasteiger partial charge in [0, 0.05) is 11.5 Å². The molecule has 0 amide bonds. The average molecular weight is 580 g/mol. The maximum absolute atomic E-state index is 11.6. The minimum absolute atomic E-state index is 0.808. The Labute approximate surface area is 224 Å². The minimum Gasteiger partial charge on any atom is -0.726 e. The van der Waals surface area contributed by atoms with E-state index in [0.29, 0.717) is 0 Å². The van der Waals surface area contributed by atoms with Crippen LogP contribution in [-0.2, 0) is 32.8 Å². The van der Waals surface area contributed by atoms with Crippen molar-refractivity contribution < 1.29 is 37.9 Å². The van der Waals surface area contributed by atoms with Crippen LogP contribution in [-0.4, -0.2) is 84.5 Å². The zero-order valence-corrected chi connectivity index (χ0v) is 25.8. The molecule has 0 aromatic carbocycles. The standard InChI is InChI=1S/C23H50NO4S2.CH4O4S/c1-5-6-7-8-9-10-11-12-13-14-15-16-17-18-19-24(2)20-22-29(4,23-21-24)28-30(25,26)27-3;1-5-6(2,3)4/h5-23H2,1-4H3;1H3,(H,2,3,4)/q+1;/p-1. The largest absolute Gasteiger partial charge is 0.726 e. The van der Waals surface area contributed by atoms with Crippen LogP contribution >= 0.6 is 10.3 Å². The molecular formula is C24H53NO8S3. The van der Waals surface area contributed by atoms with Gasteiger partial charge in [0.2, 0.25) is 10.4 Å². The van der Waals surface area contributed by atoms with Crippen LogP contribution in [0.25, 0.3) is 0 Å². The lowest BCUT2D eigenvalue weighted by molar-refractivity contribution is -0.906. The van der Waals surface area contributed by atoms with E-state index in [1.54, 1.807) is 0 Å². The Bertz CT molecular complexity index is 751. The third kappa shape index (κ3) is 20.1. The van der Waals surface area contributed by atoms with Gasteiger partial charge < -0.3 is 9.04 Å². The van der Waals surface area contributed by atoms with Gasteiger partial charge >= 0.3 is 10.4 Å². The van der Waals surface area contributed by atoms with Crippen LogP contribution in [0.2, 0.25) is 0 Å². The van der Waals surface area contributed by atoms with Gasteiger partial charge in [-0.15, -0.1) is 10.3 Å². The van der Waals surface area contributed by atoms with Gasteiger partial charge in [-0.05, 0) is 19.1 Å². The van der Waals surface area contributed by atoms with Crippen molar-refractivity contribution in [3.63, 3.8) is 0 Å². The summed E-state index contributed by atoms with van der Waals surface area (Å²) in [6.45, 7) is 5.49. The van der Waals surface area contributed by atoms with Crippen molar-refractivity contribution >= 4 is 31.1 Å². The maximum atomic E-state index is 11.6. The second-order valence-corrected chi connectivity index (χ2v) is 16.2. The molecule has 0 saturated carbocycles. The number of hydrogen-bond acceptors (Lipinski definition) is 8. The SMILES string of the molecule is CCCCCCCCCCCCCCCC[N+]1(C)CCS(C)(OS(=O)(=O)OC)CC1.COS(=O)(=O)[O-]. The van der Waals surface area contributed by atoms with E-state index in [-0.39, 0.29) is 0 Å². The smallest absolute Gasteiger partial charge is 0.409 e. The van der Waals surface area contributed by atoms with Crippen LogP contribution in [0.15, 0.2) is 0 Å². The van der Waals surface area contributed by atoms with Crippen molar-refractivity contribution in [1.29, 1.82) is 0 Å². The van der Waals surface area contributed by atoms with E-state index in [0.717, 1.165) is 43.3 Å². The molecule has 0 aromatic rings. The fourth-order valence-corrected chi connectivity index (χ4v) is 8.48. The fraction of sp³-hybridized carbons (Fsp3) is 1.00. The van der Waals surface area contributed by atoms with E-state index >= 15 is 0 Å². The highest BCUT2D eigenvalue weighted by Gasteiger charge is 2.37. The molecule has 36 heavy (non-hydrogen) atoms. The van der Waals surface area contributed by atoms with Crippen molar-refractivity contribution in [2.24, 2.45) is 0 Å². The molecule has 1 aliphatic heterocycles. The van der Waals surface area contributed by atoms with Crippen molar-refractivity contribution in [3.8, 4) is 0 Å². The second-order valence-electron chi connectivity index (χ2n) is 10.2. The average Bonchev–Trinajstić information content (AvgIpc) is 2.81. The molecule has 0 N–H and O–H groups in total. The third-order valence-corrected chi connectivity index (χ3v) is 11.7. The summed E-state index contributed by atoms with van der Waals surface area (Å²) in [5.41, 5.74) is 0. The Balaban J connectivity index is 0.00000181. The predicted molar refractivity (Wildman–Crippen MR) is 148 cm³/mol. The monoisotopic (exact) mass is 579 g/mol. The predicted octanol–water partition coefficient (Wildman–Crippen LogP) is 5.28. The number of unbranched alkanes of at least 4 members (excludes halogenated alkanes) is 13. The normalized spacial score (nSPS) is 24.5. The van der Waals surface area contributed by atoms with E-state index in [1.807, 2.05) is 6.26 Å².